The molecule has 0 bridgehead atoms. The van der Waals surface area contributed by atoms with E-state index in [1.807, 2.05) is 48.5 Å². The number of carbonyl (C=O) groups is 2. The van der Waals surface area contributed by atoms with Gasteiger partial charge in [0.2, 0.25) is 0 Å². The molecule has 6 aromatic rings. The Hall–Kier alpha value is -5.63. The number of nitrogens with one attached hydrogen (secondary N) is 1. The second-order valence-corrected chi connectivity index (χ2v) is 10.1. The van der Waals surface area contributed by atoms with E-state index in [1.54, 1.807) is 35.1 Å². The monoisotopic (exact) mass is 573 g/mol. The average molecular weight is 574 g/mol. The molecule has 212 valence electrons. The minimum Gasteiger partial charge on any atom is -0.478 e. The van der Waals surface area contributed by atoms with Crippen molar-refractivity contribution in [3.8, 4) is 22.3 Å². The van der Waals surface area contributed by atoms with E-state index in [0.29, 0.717) is 34.1 Å². The third-order valence-electron chi connectivity index (χ3n) is 7.25. The molecule has 6 nitrogen and oxygen atoms in total. The lowest BCUT2D eigenvalue weighted by Gasteiger charge is -2.13. The summed E-state index contributed by atoms with van der Waals surface area (Å²) in [7, 11) is 0. The van der Waals surface area contributed by atoms with Crippen LogP contribution in [0.1, 0.15) is 31.8 Å². The van der Waals surface area contributed by atoms with Crippen molar-refractivity contribution in [3.63, 3.8) is 0 Å². The molecule has 1 aromatic heterocycles. The summed E-state index contributed by atoms with van der Waals surface area (Å²) in [6.45, 7) is 0.550. The van der Waals surface area contributed by atoms with E-state index in [1.165, 1.54) is 18.2 Å². The van der Waals surface area contributed by atoms with Crippen LogP contribution in [0, 0.1) is 11.6 Å². The molecule has 6 rings (SSSR count). The van der Waals surface area contributed by atoms with Gasteiger partial charge in [-0.15, -0.1) is 0 Å². The van der Waals surface area contributed by atoms with Crippen molar-refractivity contribution >= 4 is 22.8 Å². The number of halogens is 2. The molecule has 0 saturated heterocycles. The van der Waals surface area contributed by atoms with E-state index in [0.717, 1.165) is 34.4 Å². The van der Waals surface area contributed by atoms with Gasteiger partial charge in [-0.25, -0.2) is 13.6 Å². The molecule has 2 N–H and O–H groups in total. The zero-order valence-corrected chi connectivity index (χ0v) is 22.8. The summed E-state index contributed by atoms with van der Waals surface area (Å²) in [5.41, 5.74) is 5.86. The van der Waals surface area contributed by atoms with Gasteiger partial charge in [0.25, 0.3) is 5.91 Å². The number of amides is 1. The summed E-state index contributed by atoms with van der Waals surface area (Å²) >= 11 is 0. The molecule has 1 amide bonds. The predicted molar refractivity (Wildman–Crippen MR) is 161 cm³/mol. The highest BCUT2D eigenvalue weighted by Gasteiger charge is 2.18. The summed E-state index contributed by atoms with van der Waals surface area (Å²) in [4.78, 5) is 24.9. The number of carboxylic acid groups (broad SMARTS) is 1. The highest BCUT2D eigenvalue weighted by atomic mass is 19.2. The van der Waals surface area contributed by atoms with Gasteiger partial charge >= 0.3 is 5.97 Å². The maximum absolute atomic E-state index is 14.1. The number of hydrogen-bond donors (Lipinski definition) is 2. The predicted octanol–water partition coefficient (Wildman–Crippen LogP) is 7.33. The average Bonchev–Trinajstić information content (AvgIpc) is 3.44. The Morgan fingerprint density at radius 2 is 1.47 bits per heavy atom. The molecular formula is C35H25F2N3O3. The molecule has 0 atom stereocenters. The van der Waals surface area contributed by atoms with Crippen molar-refractivity contribution in [1.82, 2.24) is 15.1 Å². The summed E-state index contributed by atoms with van der Waals surface area (Å²) in [5, 5.41) is 17.3. The van der Waals surface area contributed by atoms with Gasteiger partial charge in [-0.05, 0) is 75.8 Å². The molecule has 5 aromatic carbocycles. The first-order valence-electron chi connectivity index (χ1n) is 13.6. The lowest BCUT2D eigenvalue weighted by atomic mass is 9.99. The highest BCUT2D eigenvalue weighted by molar-refractivity contribution is 6.07. The zero-order valence-electron chi connectivity index (χ0n) is 22.8. The van der Waals surface area contributed by atoms with E-state index >= 15 is 0 Å². The van der Waals surface area contributed by atoms with Gasteiger partial charge in [0.05, 0.1) is 29.4 Å². The molecule has 1 heterocycles. The summed E-state index contributed by atoms with van der Waals surface area (Å²) in [6.07, 6.45) is 1.65. The van der Waals surface area contributed by atoms with Crippen molar-refractivity contribution in [1.29, 1.82) is 0 Å². The largest absolute Gasteiger partial charge is 0.478 e. The molecule has 8 heteroatoms. The minimum absolute atomic E-state index is 0.149. The van der Waals surface area contributed by atoms with Crippen LogP contribution in [0.15, 0.2) is 115 Å². The number of benzene rings is 5. The van der Waals surface area contributed by atoms with Crippen LogP contribution in [0.25, 0.3) is 33.2 Å². The number of nitrogens with zero attached hydrogens (tertiary/aromatic N) is 2. The van der Waals surface area contributed by atoms with E-state index < -0.39 is 23.5 Å². The van der Waals surface area contributed by atoms with Gasteiger partial charge in [-0.2, -0.15) is 5.10 Å². The number of carboxylic acids is 1. The third-order valence-corrected chi connectivity index (χ3v) is 7.25. The molecule has 0 radical (unpaired) electrons. The molecule has 0 aliphatic rings. The van der Waals surface area contributed by atoms with Crippen LogP contribution in [0.3, 0.4) is 0 Å². The van der Waals surface area contributed by atoms with Crippen LogP contribution in [0.5, 0.6) is 0 Å². The van der Waals surface area contributed by atoms with Gasteiger partial charge in [0, 0.05) is 11.9 Å². The molecule has 43 heavy (non-hydrogen) atoms. The minimum atomic E-state index is -1.03. The Kier molecular flexibility index (Phi) is 7.49. The first-order chi connectivity index (χ1) is 20.9. The van der Waals surface area contributed by atoms with Crippen LogP contribution in [0.4, 0.5) is 8.78 Å². The second-order valence-electron chi connectivity index (χ2n) is 10.1. The third kappa shape index (κ3) is 5.90. The van der Waals surface area contributed by atoms with Crippen molar-refractivity contribution in [2.45, 2.75) is 13.1 Å². The van der Waals surface area contributed by atoms with Crippen molar-refractivity contribution < 1.29 is 23.5 Å². The van der Waals surface area contributed by atoms with Crippen molar-refractivity contribution in [3.05, 3.63) is 149 Å². The zero-order chi connectivity index (χ0) is 29.9. The second kappa shape index (κ2) is 11.7. The first kappa shape index (κ1) is 27.5. The molecule has 0 aliphatic carbocycles. The quantitative estimate of drug-likeness (QED) is 0.200. The normalized spacial score (nSPS) is 11.0. The number of hydrogen-bond acceptors (Lipinski definition) is 3. The van der Waals surface area contributed by atoms with E-state index in [4.69, 9.17) is 5.11 Å². The van der Waals surface area contributed by atoms with Gasteiger partial charge in [-0.1, -0.05) is 66.7 Å². The summed E-state index contributed by atoms with van der Waals surface area (Å²) in [6, 6.07) is 31.4. The van der Waals surface area contributed by atoms with E-state index in [-0.39, 0.29) is 12.1 Å². The first-order valence-corrected chi connectivity index (χ1v) is 13.6. The Bertz CT molecular complexity index is 1970. The van der Waals surface area contributed by atoms with Gasteiger partial charge < -0.3 is 10.4 Å². The Morgan fingerprint density at radius 1 is 0.721 bits per heavy atom. The molecule has 0 unspecified atom stereocenters. The Labute approximate surface area is 245 Å². The topological polar surface area (TPSA) is 84.2 Å². The molecule has 0 spiro atoms. The highest BCUT2D eigenvalue weighted by Crippen LogP contribution is 2.30. The van der Waals surface area contributed by atoms with Crippen LogP contribution in [-0.2, 0) is 13.1 Å². The van der Waals surface area contributed by atoms with E-state index in [2.05, 4.69) is 16.5 Å². The fourth-order valence-corrected chi connectivity index (χ4v) is 5.06. The van der Waals surface area contributed by atoms with Gasteiger partial charge in [0.1, 0.15) is 0 Å². The lowest BCUT2D eigenvalue weighted by Crippen LogP contribution is -2.24. The van der Waals surface area contributed by atoms with E-state index in [9.17, 15) is 18.4 Å². The lowest BCUT2D eigenvalue weighted by molar-refractivity contribution is 0.0696. The molecular weight excluding hydrogens is 548 g/mol. The summed E-state index contributed by atoms with van der Waals surface area (Å²) in [5.74, 6) is -3.37. The fourth-order valence-electron chi connectivity index (χ4n) is 5.06. The van der Waals surface area contributed by atoms with Crippen molar-refractivity contribution in [2.24, 2.45) is 0 Å². The number of aromatic nitrogens is 2. The molecule has 0 saturated carbocycles. The van der Waals surface area contributed by atoms with Crippen LogP contribution in [-0.4, -0.2) is 26.8 Å². The number of aromatic carboxylic acids is 1. The van der Waals surface area contributed by atoms with Gasteiger partial charge in [0.15, 0.2) is 11.6 Å². The SMILES string of the molecule is O=C(O)c1ccc(CNC(=O)c2cc(-c3ccc(F)c(F)c3)cc3cnn(Cc4cccc(-c5ccccc5)c4)c23)cc1. The number of fused-ring (bicyclic) bond motifs is 1. The Balaban J connectivity index is 1.37. The Morgan fingerprint density at radius 3 is 2.21 bits per heavy atom. The van der Waals surface area contributed by atoms with Gasteiger partial charge in [-0.3, -0.25) is 9.48 Å². The molecule has 0 aliphatic heterocycles. The van der Waals surface area contributed by atoms with Crippen LogP contribution >= 0.6 is 0 Å². The molecule has 0 fully saturated rings. The standard InChI is InChI=1S/C35H25F2N3O3/c36-31-14-13-27(18-32(31)37)28-16-29-20-39-40(21-23-5-4-8-26(15-23)24-6-2-1-3-7-24)33(29)30(17-28)34(41)38-19-22-9-11-25(12-10-22)35(42)43/h1-18,20H,19,21H2,(H,38,41)(H,42,43). The maximum Gasteiger partial charge on any atom is 0.335 e. The fraction of sp³-hybridized carbons (Fsp3) is 0.0571. The van der Waals surface area contributed by atoms with Crippen LogP contribution < -0.4 is 5.32 Å². The summed E-state index contributed by atoms with van der Waals surface area (Å²) < 4.78 is 29.5. The number of carbonyl (C=O) groups excluding carboxylic acids is 1. The van der Waals surface area contributed by atoms with Crippen molar-refractivity contribution in [2.75, 3.05) is 0 Å². The number of rotatable bonds is 8. The van der Waals surface area contributed by atoms with Crippen LogP contribution in [0.2, 0.25) is 0 Å². The maximum atomic E-state index is 14.1. The smallest absolute Gasteiger partial charge is 0.335 e.